The summed E-state index contributed by atoms with van der Waals surface area (Å²) in [7, 11) is 0. The average molecular weight is 247 g/mol. The van der Waals surface area contributed by atoms with Crippen LogP contribution >= 0.6 is 0 Å². The van der Waals surface area contributed by atoms with Crippen molar-refractivity contribution >= 4 is 5.97 Å². The maximum atomic E-state index is 11.7. The van der Waals surface area contributed by atoms with Crippen molar-refractivity contribution in [3.63, 3.8) is 0 Å². The summed E-state index contributed by atoms with van der Waals surface area (Å²) in [5.41, 5.74) is 0.635. The number of carbonyl (C=O) groups excluding carboxylic acids is 1. The second-order valence-electron chi connectivity index (χ2n) is 4.76. The van der Waals surface area contributed by atoms with Gasteiger partial charge in [-0.2, -0.15) is 0 Å². The van der Waals surface area contributed by atoms with E-state index in [4.69, 9.17) is 4.74 Å². The topological polar surface area (TPSA) is 29.5 Å². The summed E-state index contributed by atoms with van der Waals surface area (Å²) in [4.78, 5) is 14.1. The Hall–Kier alpha value is -1.35. The van der Waals surface area contributed by atoms with E-state index in [2.05, 4.69) is 4.90 Å². The van der Waals surface area contributed by atoms with Gasteiger partial charge in [0, 0.05) is 6.54 Å². The Labute approximate surface area is 109 Å². The summed E-state index contributed by atoms with van der Waals surface area (Å²) in [6.45, 7) is 3.96. The highest BCUT2D eigenvalue weighted by Crippen LogP contribution is 2.09. The van der Waals surface area contributed by atoms with Gasteiger partial charge in [0.15, 0.2) is 0 Å². The van der Waals surface area contributed by atoms with Crippen LogP contribution in [0.2, 0.25) is 0 Å². The van der Waals surface area contributed by atoms with E-state index in [-0.39, 0.29) is 5.97 Å². The molecule has 1 saturated heterocycles. The predicted molar refractivity (Wildman–Crippen MR) is 71.6 cm³/mol. The van der Waals surface area contributed by atoms with Crippen LogP contribution in [0.3, 0.4) is 0 Å². The van der Waals surface area contributed by atoms with Gasteiger partial charge in [0.2, 0.25) is 0 Å². The molecule has 1 aliphatic heterocycles. The highest BCUT2D eigenvalue weighted by molar-refractivity contribution is 5.89. The SMILES string of the molecule is O=C(OCCCN1CCCCC1)c1ccccc1. The highest BCUT2D eigenvalue weighted by atomic mass is 16.5. The fourth-order valence-electron chi connectivity index (χ4n) is 2.29. The van der Waals surface area contributed by atoms with Gasteiger partial charge in [-0.1, -0.05) is 24.6 Å². The zero-order chi connectivity index (χ0) is 12.6. The molecule has 3 heteroatoms. The Morgan fingerprint density at radius 1 is 1.11 bits per heavy atom. The molecule has 1 aliphatic rings. The maximum absolute atomic E-state index is 11.7. The highest BCUT2D eigenvalue weighted by Gasteiger charge is 2.10. The number of carbonyl (C=O) groups is 1. The summed E-state index contributed by atoms with van der Waals surface area (Å²) in [6.07, 6.45) is 4.91. The Balaban J connectivity index is 1.62. The van der Waals surface area contributed by atoms with Gasteiger partial charge in [-0.05, 0) is 44.5 Å². The lowest BCUT2D eigenvalue weighted by Gasteiger charge is -2.26. The van der Waals surface area contributed by atoms with Crippen molar-refractivity contribution in [2.75, 3.05) is 26.2 Å². The van der Waals surface area contributed by atoms with Crippen molar-refractivity contribution in [3.8, 4) is 0 Å². The van der Waals surface area contributed by atoms with E-state index in [9.17, 15) is 4.79 Å². The van der Waals surface area contributed by atoms with Crippen LogP contribution < -0.4 is 0 Å². The molecule has 1 heterocycles. The van der Waals surface area contributed by atoms with Gasteiger partial charge in [0.1, 0.15) is 0 Å². The zero-order valence-corrected chi connectivity index (χ0v) is 10.8. The van der Waals surface area contributed by atoms with Crippen molar-refractivity contribution in [2.24, 2.45) is 0 Å². The quantitative estimate of drug-likeness (QED) is 0.592. The van der Waals surface area contributed by atoms with Crippen LogP contribution in [0.25, 0.3) is 0 Å². The van der Waals surface area contributed by atoms with Gasteiger partial charge in [-0.15, -0.1) is 0 Å². The molecular weight excluding hydrogens is 226 g/mol. The van der Waals surface area contributed by atoms with Gasteiger partial charge in [0.05, 0.1) is 12.2 Å². The molecule has 0 spiro atoms. The first-order chi connectivity index (χ1) is 8.86. The van der Waals surface area contributed by atoms with E-state index in [1.165, 1.54) is 32.4 Å². The fourth-order valence-corrected chi connectivity index (χ4v) is 2.29. The fraction of sp³-hybridized carbons (Fsp3) is 0.533. The number of hydrogen-bond acceptors (Lipinski definition) is 3. The van der Waals surface area contributed by atoms with Crippen LogP contribution in [0.5, 0.6) is 0 Å². The van der Waals surface area contributed by atoms with E-state index in [1.54, 1.807) is 12.1 Å². The molecule has 18 heavy (non-hydrogen) atoms. The van der Waals surface area contributed by atoms with E-state index < -0.39 is 0 Å². The van der Waals surface area contributed by atoms with Crippen LogP contribution in [-0.4, -0.2) is 37.1 Å². The van der Waals surface area contributed by atoms with E-state index in [0.717, 1.165) is 13.0 Å². The van der Waals surface area contributed by atoms with Crippen LogP contribution in [0.1, 0.15) is 36.0 Å². The lowest BCUT2D eigenvalue weighted by Crippen LogP contribution is -2.31. The molecule has 3 nitrogen and oxygen atoms in total. The predicted octanol–water partition coefficient (Wildman–Crippen LogP) is 2.72. The third kappa shape index (κ3) is 4.15. The summed E-state index contributed by atoms with van der Waals surface area (Å²) in [5.74, 6) is -0.214. The monoisotopic (exact) mass is 247 g/mol. The molecule has 0 radical (unpaired) electrons. The van der Waals surface area contributed by atoms with Gasteiger partial charge < -0.3 is 9.64 Å². The molecule has 0 atom stereocenters. The molecule has 0 amide bonds. The first-order valence-electron chi connectivity index (χ1n) is 6.81. The van der Waals surface area contributed by atoms with Crippen LogP contribution in [0.4, 0.5) is 0 Å². The first-order valence-corrected chi connectivity index (χ1v) is 6.81. The van der Waals surface area contributed by atoms with Crippen molar-refractivity contribution < 1.29 is 9.53 Å². The van der Waals surface area contributed by atoms with Crippen molar-refractivity contribution in [1.29, 1.82) is 0 Å². The molecule has 0 bridgehead atoms. The number of esters is 1. The molecule has 0 aromatic heterocycles. The number of rotatable bonds is 5. The molecule has 0 saturated carbocycles. The van der Waals surface area contributed by atoms with Crippen LogP contribution in [-0.2, 0) is 4.74 Å². The Kier molecular flexibility index (Phi) is 5.21. The maximum Gasteiger partial charge on any atom is 0.338 e. The minimum atomic E-state index is -0.214. The molecule has 0 aliphatic carbocycles. The number of piperidine rings is 1. The zero-order valence-electron chi connectivity index (χ0n) is 10.8. The summed E-state index contributed by atoms with van der Waals surface area (Å²) in [5, 5.41) is 0. The Morgan fingerprint density at radius 2 is 1.83 bits per heavy atom. The van der Waals surface area contributed by atoms with Crippen molar-refractivity contribution in [1.82, 2.24) is 4.90 Å². The minimum absolute atomic E-state index is 0.214. The third-order valence-corrected chi connectivity index (χ3v) is 3.31. The molecule has 1 fully saturated rings. The normalized spacial score (nSPS) is 16.4. The summed E-state index contributed by atoms with van der Waals surface area (Å²) >= 11 is 0. The molecule has 0 unspecified atom stereocenters. The van der Waals surface area contributed by atoms with E-state index in [1.807, 2.05) is 18.2 Å². The number of benzene rings is 1. The second-order valence-corrected chi connectivity index (χ2v) is 4.76. The van der Waals surface area contributed by atoms with E-state index >= 15 is 0 Å². The van der Waals surface area contributed by atoms with Crippen molar-refractivity contribution in [2.45, 2.75) is 25.7 Å². The Bertz CT molecular complexity index is 358. The largest absolute Gasteiger partial charge is 0.462 e. The average Bonchev–Trinajstić information content (AvgIpc) is 2.45. The van der Waals surface area contributed by atoms with Gasteiger partial charge in [0.25, 0.3) is 0 Å². The molecule has 1 aromatic rings. The number of hydrogen-bond donors (Lipinski definition) is 0. The molecule has 1 aromatic carbocycles. The van der Waals surface area contributed by atoms with Crippen molar-refractivity contribution in [3.05, 3.63) is 35.9 Å². The van der Waals surface area contributed by atoms with Crippen LogP contribution in [0, 0.1) is 0 Å². The molecule has 2 rings (SSSR count). The van der Waals surface area contributed by atoms with Gasteiger partial charge in [-0.25, -0.2) is 4.79 Å². The number of likely N-dealkylation sites (tertiary alicyclic amines) is 1. The second kappa shape index (κ2) is 7.17. The molecule has 0 N–H and O–H groups in total. The lowest BCUT2D eigenvalue weighted by molar-refractivity contribution is 0.0485. The molecular formula is C15H21NO2. The number of ether oxygens (including phenoxy) is 1. The summed E-state index contributed by atoms with van der Waals surface area (Å²) < 4.78 is 5.25. The first kappa shape index (κ1) is 13.1. The summed E-state index contributed by atoms with van der Waals surface area (Å²) in [6, 6.07) is 9.17. The van der Waals surface area contributed by atoms with Crippen LogP contribution in [0.15, 0.2) is 30.3 Å². The smallest absolute Gasteiger partial charge is 0.338 e. The Morgan fingerprint density at radius 3 is 2.56 bits per heavy atom. The third-order valence-electron chi connectivity index (χ3n) is 3.31. The lowest BCUT2D eigenvalue weighted by atomic mass is 10.1. The molecule has 98 valence electrons. The van der Waals surface area contributed by atoms with Gasteiger partial charge >= 0.3 is 5.97 Å². The van der Waals surface area contributed by atoms with E-state index in [0.29, 0.717) is 12.2 Å². The number of nitrogens with zero attached hydrogens (tertiary/aromatic N) is 1. The minimum Gasteiger partial charge on any atom is -0.462 e. The standard InChI is InChI=1S/C15H21NO2/c17-15(14-8-3-1-4-9-14)18-13-7-12-16-10-5-2-6-11-16/h1,3-4,8-9H,2,5-7,10-13H2. The van der Waals surface area contributed by atoms with Gasteiger partial charge in [-0.3, -0.25) is 0 Å².